The van der Waals surface area contributed by atoms with Gasteiger partial charge in [-0.15, -0.1) is 10.2 Å². The number of hydrogen-bond acceptors (Lipinski definition) is 7. The van der Waals surface area contributed by atoms with E-state index >= 15 is 0 Å². The zero-order chi connectivity index (χ0) is 19.1. The summed E-state index contributed by atoms with van der Waals surface area (Å²) in [5.41, 5.74) is 1.54. The van der Waals surface area contributed by atoms with Gasteiger partial charge in [0.1, 0.15) is 11.6 Å². The van der Waals surface area contributed by atoms with Gasteiger partial charge < -0.3 is 14.6 Å². The molecule has 0 radical (unpaired) electrons. The second-order valence-corrected chi connectivity index (χ2v) is 6.62. The number of aromatic nitrogens is 2. The van der Waals surface area contributed by atoms with Crippen LogP contribution in [0.5, 0.6) is 11.5 Å². The monoisotopic (exact) mass is 385 g/mol. The molecule has 0 aliphatic carbocycles. The standard InChI is InChI=1S/C19H19N3O4S/c1-25-16-12-14(7-8-15(16)26-10-9-23)18(24)20-19-22-21-17(27-19)11-13-5-3-2-4-6-13/h2-8,12,23H,9-11H2,1H3,(H,20,22,24). The topological polar surface area (TPSA) is 93.6 Å². The molecule has 0 fully saturated rings. The third-order valence-electron chi connectivity index (χ3n) is 3.66. The number of nitrogens with zero attached hydrogens (tertiary/aromatic N) is 2. The number of aliphatic hydroxyl groups is 1. The smallest absolute Gasteiger partial charge is 0.257 e. The molecular weight excluding hydrogens is 366 g/mol. The van der Waals surface area contributed by atoms with E-state index in [0.29, 0.717) is 28.6 Å². The number of hydrogen-bond donors (Lipinski definition) is 2. The van der Waals surface area contributed by atoms with Gasteiger partial charge in [0.25, 0.3) is 5.91 Å². The Morgan fingerprint density at radius 3 is 2.70 bits per heavy atom. The van der Waals surface area contributed by atoms with Crippen molar-refractivity contribution in [2.75, 3.05) is 25.6 Å². The van der Waals surface area contributed by atoms with Crippen molar-refractivity contribution in [3.8, 4) is 11.5 Å². The molecule has 2 aromatic carbocycles. The van der Waals surface area contributed by atoms with Crippen LogP contribution in [0.2, 0.25) is 0 Å². The van der Waals surface area contributed by atoms with Crippen LogP contribution in [-0.4, -0.2) is 41.5 Å². The number of ether oxygens (including phenoxy) is 2. The van der Waals surface area contributed by atoms with E-state index < -0.39 is 0 Å². The highest BCUT2D eigenvalue weighted by molar-refractivity contribution is 7.15. The molecule has 27 heavy (non-hydrogen) atoms. The van der Waals surface area contributed by atoms with Crippen LogP contribution < -0.4 is 14.8 Å². The number of nitrogens with one attached hydrogen (secondary N) is 1. The van der Waals surface area contributed by atoms with Crippen molar-refractivity contribution >= 4 is 22.4 Å². The van der Waals surface area contributed by atoms with Gasteiger partial charge >= 0.3 is 0 Å². The minimum atomic E-state index is -0.315. The van der Waals surface area contributed by atoms with Gasteiger partial charge in [-0.05, 0) is 23.8 Å². The first-order chi connectivity index (χ1) is 13.2. The molecule has 7 nitrogen and oxygen atoms in total. The van der Waals surface area contributed by atoms with Crippen molar-refractivity contribution < 1.29 is 19.4 Å². The summed E-state index contributed by atoms with van der Waals surface area (Å²) in [7, 11) is 1.49. The summed E-state index contributed by atoms with van der Waals surface area (Å²) < 4.78 is 10.6. The summed E-state index contributed by atoms with van der Waals surface area (Å²) >= 11 is 1.34. The summed E-state index contributed by atoms with van der Waals surface area (Å²) in [6.07, 6.45) is 0.666. The van der Waals surface area contributed by atoms with E-state index in [1.165, 1.54) is 18.4 Å². The van der Waals surface area contributed by atoms with E-state index in [2.05, 4.69) is 15.5 Å². The predicted molar refractivity (Wildman–Crippen MR) is 103 cm³/mol. The molecule has 140 valence electrons. The molecule has 0 saturated carbocycles. The molecule has 0 unspecified atom stereocenters. The fraction of sp³-hybridized carbons (Fsp3) is 0.211. The first kappa shape index (κ1) is 18.8. The number of carbonyl (C=O) groups excluding carboxylic acids is 1. The molecule has 1 amide bonds. The van der Waals surface area contributed by atoms with Crippen LogP contribution in [0.4, 0.5) is 5.13 Å². The molecule has 3 aromatic rings. The van der Waals surface area contributed by atoms with E-state index in [9.17, 15) is 4.79 Å². The van der Waals surface area contributed by atoms with Crippen LogP contribution in [0.1, 0.15) is 20.9 Å². The minimum Gasteiger partial charge on any atom is -0.493 e. The van der Waals surface area contributed by atoms with Crippen molar-refractivity contribution in [2.24, 2.45) is 0 Å². The highest BCUT2D eigenvalue weighted by Crippen LogP contribution is 2.28. The van der Waals surface area contributed by atoms with E-state index in [1.807, 2.05) is 30.3 Å². The maximum Gasteiger partial charge on any atom is 0.257 e. The lowest BCUT2D eigenvalue weighted by Gasteiger charge is -2.11. The first-order valence-corrected chi connectivity index (χ1v) is 9.10. The molecule has 0 spiro atoms. The Hall–Kier alpha value is -2.97. The normalized spacial score (nSPS) is 10.4. The van der Waals surface area contributed by atoms with E-state index in [4.69, 9.17) is 14.6 Å². The van der Waals surface area contributed by atoms with Crippen molar-refractivity contribution in [3.63, 3.8) is 0 Å². The third kappa shape index (κ3) is 5.02. The summed E-state index contributed by atoms with van der Waals surface area (Å²) in [5, 5.41) is 21.0. The number of methoxy groups -OCH3 is 1. The van der Waals surface area contributed by atoms with E-state index in [0.717, 1.165) is 10.6 Å². The molecule has 0 aliphatic heterocycles. The molecule has 3 rings (SSSR count). The Kier molecular flexibility index (Phi) is 6.35. The van der Waals surface area contributed by atoms with Crippen molar-refractivity contribution in [3.05, 3.63) is 64.7 Å². The van der Waals surface area contributed by atoms with Gasteiger partial charge in [-0.1, -0.05) is 41.7 Å². The molecule has 8 heteroatoms. The van der Waals surface area contributed by atoms with Gasteiger partial charge in [0.2, 0.25) is 5.13 Å². The number of aliphatic hydroxyl groups excluding tert-OH is 1. The Labute approximate surface area is 160 Å². The molecule has 1 aromatic heterocycles. The maximum atomic E-state index is 12.5. The molecule has 2 N–H and O–H groups in total. The Balaban J connectivity index is 1.66. The van der Waals surface area contributed by atoms with Crippen LogP contribution in [0.15, 0.2) is 48.5 Å². The number of carbonyl (C=O) groups is 1. The number of amides is 1. The molecular formula is C19H19N3O4S. The van der Waals surface area contributed by atoms with Gasteiger partial charge in [-0.3, -0.25) is 10.1 Å². The van der Waals surface area contributed by atoms with Crippen LogP contribution in [0.3, 0.4) is 0 Å². The van der Waals surface area contributed by atoms with Crippen LogP contribution in [0, 0.1) is 0 Å². The van der Waals surface area contributed by atoms with Gasteiger partial charge in [0.15, 0.2) is 11.5 Å². The Bertz CT molecular complexity index is 899. The minimum absolute atomic E-state index is 0.103. The van der Waals surface area contributed by atoms with Gasteiger partial charge in [-0.25, -0.2) is 0 Å². The van der Waals surface area contributed by atoms with Gasteiger partial charge in [0.05, 0.1) is 13.7 Å². The molecule has 0 saturated heterocycles. The van der Waals surface area contributed by atoms with Gasteiger partial charge in [0, 0.05) is 12.0 Å². The predicted octanol–water partition coefficient (Wildman–Crippen LogP) is 2.76. The highest BCUT2D eigenvalue weighted by atomic mass is 32.1. The molecule has 0 bridgehead atoms. The lowest BCUT2D eigenvalue weighted by atomic mass is 10.2. The zero-order valence-corrected chi connectivity index (χ0v) is 15.5. The lowest BCUT2D eigenvalue weighted by molar-refractivity contribution is 0.102. The second kappa shape index (κ2) is 9.11. The fourth-order valence-corrected chi connectivity index (χ4v) is 3.17. The summed E-state index contributed by atoms with van der Waals surface area (Å²) in [5.74, 6) is 0.562. The van der Waals surface area contributed by atoms with Crippen LogP contribution in [-0.2, 0) is 6.42 Å². The molecule has 0 aliphatic rings. The number of benzene rings is 2. The SMILES string of the molecule is COc1cc(C(=O)Nc2nnc(Cc3ccccc3)s2)ccc1OCCO. The molecule has 1 heterocycles. The molecule has 0 atom stereocenters. The third-order valence-corrected chi connectivity index (χ3v) is 4.50. The van der Waals surface area contributed by atoms with E-state index in [1.54, 1.807) is 18.2 Å². The van der Waals surface area contributed by atoms with Crippen LogP contribution in [0.25, 0.3) is 0 Å². The number of rotatable bonds is 8. The van der Waals surface area contributed by atoms with Gasteiger partial charge in [-0.2, -0.15) is 0 Å². The van der Waals surface area contributed by atoms with Crippen molar-refractivity contribution in [1.82, 2.24) is 10.2 Å². The Morgan fingerprint density at radius 1 is 1.15 bits per heavy atom. The number of anilines is 1. The quantitative estimate of drug-likeness (QED) is 0.619. The summed E-state index contributed by atoms with van der Waals surface area (Å²) in [4.78, 5) is 12.5. The second-order valence-electron chi connectivity index (χ2n) is 5.56. The average Bonchev–Trinajstić information content (AvgIpc) is 3.13. The largest absolute Gasteiger partial charge is 0.493 e. The highest BCUT2D eigenvalue weighted by Gasteiger charge is 2.14. The summed E-state index contributed by atoms with van der Waals surface area (Å²) in [6, 6.07) is 14.8. The maximum absolute atomic E-state index is 12.5. The van der Waals surface area contributed by atoms with Crippen molar-refractivity contribution in [1.29, 1.82) is 0 Å². The lowest BCUT2D eigenvalue weighted by Crippen LogP contribution is -2.12. The zero-order valence-electron chi connectivity index (χ0n) is 14.7. The Morgan fingerprint density at radius 2 is 1.96 bits per heavy atom. The summed E-state index contributed by atoms with van der Waals surface area (Å²) in [6.45, 7) is 0.0463. The fourth-order valence-electron chi connectivity index (χ4n) is 2.40. The van der Waals surface area contributed by atoms with Crippen LogP contribution >= 0.6 is 11.3 Å². The average molecular weight is 385 g/mol. The first-order valence-electron chi connectivity index (χ1n) is 8.29. The van der Waals surface area contributed by atoms with E-state index in [-0.39, 0.29) is 19.1 Å². The van der Waals surface area contributed by atoms with Crippen molar-refractivity contribution in [2.45, 2.75) is 6.42 Å².